The van der Waals surface area contributed by atoms with E-state index in [1.165, 1.54) is 36.4 Å². The van der Waals surface area contributed by atoms with Crippen LogP contribution in [0, 0.1) is 11.6 Å². The third kappa shape index (κ3) is 3.93. The van der Waals surface area contributed by atoms with Crippen LogP contribution in [0.3, 0.4) is 0 Å². The molecule has 0 aliphatic carbocycles. The number of benzene rings is 2. The van der Waals surface area contributed by atoms with Gasteiger partial charge in [0.1, 0.15) is 23.1 Å². The molecule has 0 radical (unpaired) electrons. The fourth-order valence-corrected chi connectivity index (χ4v) is 1.82. The molecule has 0 aromatic heterocycles. The third-order valence-electron chi connectivity index (χ3n) is 2.93. The van der Waals surface area contributed by atoms with Gasteiger partial charge in [-0.15, -0.1) is 0 Å². The monoisotopic (exact) mass is 292 g/mol. The van der Waals surface area contributed by atoms with Gasteiger partial charge in [0, 0.05) is 36.3 Å². The Morgan fingerprint density at radius 2 is 1.24 bits per heavy atom. The molecule has 0 unspecified atom stereocenters. The second kappa shape index (κ2) is 7.05. The second-order valence-corrected chi connectivity index (χ2v) is 4.32. The zero-order valence-corrected chi connectivity index (χ0v) is 11.3. The zero-order chi connectivity index (χ0) is 15.2. The Morgan fingerprint density at radius 3 is 1.62 bits per heavy atom. The van der Waals surface area contributed by atoms with Crippen LogP contribution in [0.1, 0.15) is 11.1 Å². The average Bonchev–Trinajstić information content (AvgIpc) is 2.48. The van der Waals surface area contributed by atoms with E-state index in [1.54, 1.807) is 0 Å². The maximum absolute atomic E-state index is 13.2. The predicted molar refractivity (Wildman–Crippen MR) is 77.0 cm³/mol. The minimum absolute atomic E-state index is 0.201. The molecule has 0 spiro atoms. The topological polar surface area (TPSA) is 70.5 Å². The van der Waals surface area contributed by atoms with Gasteiger partial charge in [0.15, 0.2) is 0 Å². The van der Waals surface area contributed by atoms with Crippen molar-refractivity contribution in [3.05, 3.63) is 59.2 Å². The van der Waals surface area contributed by atoms with E-state index in [9.17, 15) is 8.78 Å². The maximum atomic E-state index is 13.2. The average molecular weight is 292 g/mol. The van der Waals surface area contributed by atoms with Gasteiger partial charge in [-0.05, 0) is 12.1 Å². The lowest BCUT2D eigenvalue weighted by molar-refractivity contribution is 0.447. The summed E-state index contributed by atoms with van der Waals surface area (Å²) in [6.07, 6.45) is 0. The van der Waals surface area contributed by atoms with E-state index in [1.807, 2.05) is 0 Å². The first kappa shape index (κ1) is 15.3. The highest BCUT2D eigenvalue weighted by atomic mass is 19.1. The molecule has 4 nitrogen and oxygen atoms in total. The molecule has 21 heavy (non-hydrogen) atoms. The first-order chi connectivity index (χ1) is 10.1. The van der Waals surface area contributed by atoms with Crippen molar-refractivity contribution in [2.75, 3.05) is 0 Å². The fraction of sp³-hybridized carbons (Fsp3) is 0.143. The van der Waals surface area contributed by atoms with Gasteiger partial charge in [0.2, 0.25) is 0 Å². The Kier molecular flexibility index (Phi) is 5.13. The molecule has 7 heteroatoms. The smallest absolute Gasteiger partial charge is 0.528 e. The van der Waals surface area contributed by atoms with Crippen molar-refractivity contribution in [3.63, 3.8) is 0 Å². The van der Waals surface area contributed by atoms with Gasteiger partial charge < -0.3 is 20.8 Å². The highest BCUT2D eigenvalue weighted by Crippen LogP contribution is 2.21. The Balaban J connectivity index is 2.05. The lowest BCUT2D eigenvalue weighted by Gasteiger charge is -2.13. The number of nitrogens with two attached hydrogens (primary N) is 2. The van der Waals surface area contributed by atoms with Gasteiger partial charge in [-0.25, -0.2) is 8.78 Å². The van der Waals surface area contributed by atoms with Gasteiger partial charge in [-0.1, -0.05) is 12.1 Å². The summed E-state index contributed by atoms with van der Waals surface area (Å²) in [6.45, 7) is 0.424. The van der Waals surface area contributed by atoms with Gasteiger partial charge in [-0.2, -0.15) is 0 Å². The summed E-state index contributed by atoms with van der Waals surface area (Å²) in [5, 5.41) is 0. The molecule has 0 atom stereocenters. The van der Waals surface area contributed by atoms with Crippen LogP contribution in [-0.4, -0.2) is 7.69 Å². The quantitative estimate of drug-likeness (QED) is 0.793. The van der Waals surface area contributed by atoms with E-state index in [2.05, 4.69) is 0 Å². The van der Waals surface area contributed by atoms with E-state index >= 15 is 0 Å². The van der Waals surface area contributed by atoms with Crippen molar-refractivity contribution in [1.29, 1.82) is 0 Å². The zero-order valence-electron chi connectivity index (χ0n) is 11.3. The number of halogens is 2. The molecule has 0 fully saturated rings. The highest BCUT2D eigenvalue weighted by Gasteiger charge is 2.09. The highest BCUT2D eigenvalue weighted by molar-refractivity contribution is 6.20. The summed E-state index contributed by atoms with van der Waals surface area (Å²) in [6, 6.07) is 8.13. The van der Waals surface area contributed by atoms with Crippen molar-refractivity contribution in [2.45, 2.75) is 13.1 Å². The lowest BCUT2D eigenvalue weighted by Crippen LogP contribution is -2.15. The molecule has 110 valence electrons. The minimum Gasteiger partial charge on any atom is -0.528 e. The summed E-state index contributed by atoms with van der Waals surface area (Å²) >= 11 is 0. The van der Waals surface area contributed by atoms with Gasteiger partial charge in [-0.3, -0.25) is 0 Å². The SMILES string of the molecule is NCc1ccc(F)cc1OBOc1cc(F)ccc1CN. The molecule has 2 rings (SSSR count). The Hall–Kier alpha value is -2.12. The van der Waals surface area contributed by atoms with Gasteiger partial charge >= 0.3 is 7.69 Å². The van der Waals surface area contributed by atoms with Crippen molar-refractivity contribution < 1.29 is 18.1 Å². The van der Waals surface area contributed by atoms with Crippen molar-refractivity contribution in [2.24, 2.45) is 11.5 Å². The van der Waals surface area contributed by atoms with E-state index in [0.717, 1.165) is 0 Å². The maximum Gasteiger partial charge on any atom is 0.576 e. The third-order valence-corrected chi connectivity index (χ3v) is 2.93. The van der Waals surface area contributed by atoms with Crippen LogP contribution in [-0.2, 0) is 13.1 Å². The van der Waals surface area contributed by atoms with Crippen molar-refractivity contribution >= 4 is 7.69 Å². The van der Waals surface area contributed by atoms with Crippen LogP contribution in [0.2, 0.25) is 0 Å². The number of rotatable bonds is 6. The van der Waals surface area contributed by atoms with Crippen molar-refractivity contribution in [1.82, 2.24) is 0 Å². The Labute approximate surface area is 122 Å². The van der Waals surface area contributed by atoms with E-state index in [0.29, 0.717) is 22.6 Å². The first-order valence-electron chi connectivity index (χ1n) is 6.36. The van der Waals surface area contributed by atoms with Crippen LogP contribution in [0.25, 0.3) is 0 Å². The molecule has 4 N–H and O–H groups in total. The van der Waals surface area contributed by atoms with Crippen LogP contribution in [0.5, 0.6) is 11.5 Å². The lowest BCUT2D eigenvalue weighted by atomic mass is 10.1. The van der Waals surface area contributed by atoms with Crippen LogP contribution in [0.4, 0.5) is 8.78 Å². The summed E-state index contributed by atoms with van der Waals surface area (Å²) in [7, 11) is -0.201. The van der Waals surface area contributed by atoms with Gasteiger partial charge in [0.05, 0.1) is 0 Å². The molecule has 0 aliphatic heterocycles. The minimum atomic E-state index is -0.435. The van der Waals surface area contributed by atoms with Gasteiger partial charge in [0.25, 0.3) is 0 Å². The molecular weight excluding hydrogens is 277 g/mol. The molecule has 0 heterocycles. The largest absolute Gasteiger partial charge is 0.576 e. The van der Waals surface area contributed by atoms with E-state index in [-0.39, 0.29) is 20.8 Å². The summed E-state index contributed by atoms with van der Waals surface area (Å²) < 4.78 is 37.0. The predicted octanol–water partition coefficient (Wildman–Crippen LogP) is 1.61. The molecule has 0 bridgehead atoms. The first-order valence-corrected chi connectivity index (χ1v) is 6.36. The second-order valence-electron chi connectivity index (χ2n) is 4.32. The standard InChI is InChI=1S/C14H15BF2N2O2/c16-11-3-1-9(7-18)13(5-11)20-15-21-14-6-12(17)4-2-10(14)8-19/h1-6,15H,7-8,18-19H2. The Morgan fingerprint density at radius 1 is 0.810 bits per heavy atom. The molecular formula is C14H15BF2N2O2. The molecule has 2 aromatic carbocycles. The molecule has 2 aromatic rings. The van der Waals surface area contributed by atoms with Crippen molar-refractivity contribution in [3.8, 4) is 11.5 Å². The normalized spacial score (nSPS) is 10.3. The Bertz CT molecular complexity index is 572. The molecule has 0 saturated heterocycles. The van der Waals surface area contributed by atoms with E-state index < -0.39 is 11.6 Å². The van der Waals surface area contributed by atoms with Crippen LogP contribution < -0.4 is 20.8 Å². The molecule has 0 saturated carbocycles. The summed E-state index contributed by atoms with van der Waals surface area (Å²) in [5.41, 5.74) is 12.4. The van der Waals surface area contributed by atoms with Crippen LogP contribution in [0.15, 0.2) is 36.4 Å². The fourth-order valence-electron chi connectivity index (χ4n) is 1.82. The molecule has 0 aliphatic rings. The number of hydrogen-bond donors (Lipinski definition) is 2. The summed E-state index contributed by atoms with van der Waals surface area (Å²) in [4.78, 5) is 0. The molecule has 0 amide bonds. The summed E-state index contributed by atoms with van der Waals surface area (Å²) in [5.74, 6) is -0.280. The number of hydrogen-bond acceptors (Lipinski definition) is 4. The van der Waals surface area contributed by atoms with Crippen LogP contribution >= 0.6 is 0 Å². The van der Waals surface area contributed by atoms with E-state index in [4.69, 9.17) is 20.8 Å².